The number of aromatic nitrogens is 2. The van der Waals surface area contributed by atoms with Crippen LogP contribution in [0.3, 0.4) is 0 Å². The molecule has 0 radical (unpaired) electrons. The van der Waals surface area contributed by atoms with Crippen LogP contribution in [0.25, 0.3) is 11.8 Å². The number of carbonyl (C=O) groups is 1. The summed E-state index contributed by atoms with van der Waals surface area (Å²) in [6.07, 6.45) is 2.98. The van der Waals surface area contributed by atoms with Crippen LogP contribution in [0, 0.1) is 6.92 Å². The second-order valence-corrected chi connectivity index (χ2v) is 4.51. The largest absolute Gasteiger partial charge is 0.420 e. The quantitative estimate of drug-likeness (QED) is 0.797. The van der Waals surface area contributed by atoms with Crippen molar-refractivity contribution < 1.29 is 9.53 Å². The number of carbonyl (C=O) groups excluding carboxylic acids is 1. The van der Waals surface area contributed by atoms with E-state index in [1.807, 2.05) is 37.3 Å². The van der Waals surface area contributed by atoms with E-state index >= 15 is 0 Å². The average Bonchev–Trinajstić information content (AvgIpc) is 2.45. The van der Waals surface area contributed by atoms with Crippen molar-refractivity contribution in [2.75, 3.05) is 11.9 Å². The van der Waals surface area contributed by atoms with E-state index in [1.54, 1.807) is 19.3 Å². The summed E-state index contributed by atoms with van der Waals surface area (Å²) >= 11 is 0. The molecule has 2 aromatic rings. The molecule has 1 amide bonds. The van der Waals surface area contributed by atoms with Crippen molar-refractivity contribution in [3.63, 3.8) is 0 Å². The maximum Gasteiger partial charge on any atom is 0.420 e. The average molecular weight is 267 g/mol. The number of anilines is 1. The van der Waals surface area contributed by atoms with Gasteiger partial charge in [-0.15, -0.1) is 0 Å². The summed E-state index contributed by atoms with van der Waals surface area (Å²) in [5.41, 5.74) is 2.36. The number of hydrogen-bond acceptors (Lipinski definition) is 4. The predicted molar refractivity (Wildman–Crippen MR) is 76.0 cm³/mol. The maximum atomic E-state index is 11.9. The lowest BCUT2D eigenvalue weighted by atomic mass is 10.1. The second-order valence-electron chi connectivity index (χ2n) is 4.51. The smallest absolute Gasteiger partial charge is 0.409 e. The third-order valence-electron chi connectivity index (χ3n) is 3.04. The van der Waals surface area contributed by atoms with Crippen LogP contribution in [0.5, 0.6) is 0 Å². The van der Waals surface area contributed by atoms with Gasteiger partial charge < -0.3 is 4.74 Å². The lowest BCUT2D eigenvalue weighted by Crippen LogP contribution is -2.32. The van der Waals surface area contributed by atoms with Gasteiger partial charge in [0.2, 0.25) is 0 Å². The van der Waals surface area contributed by atoms with Crippen LogP contribution in [-0.2, 0) is 4.74 Å². The first kappa shape index (κ1) is 12.3. The van der Waals surface area contributed by atoms with Crippen LogP contribution in [0.15, 0.2) is 36.5 Å². The normalized spacial score (nSPS) is 16.0. The van der Waals surface area contributed by atoms with E-state index in [2.05, 4.69) is 9.97 Å². The highest BCUT2D eigenvalue weighted by molar-refractivity contribution is 6.00. The number of ether oxygens (including phenoxy) is 1. The molecular formula is C15H13N3O2. The highest BCUT2D eigenvalue weighted by Crippen LogP contribution is 2.32. The number of hydrogen-bond donors (Lipinski definition) is 0. The van der Waals surface area contributed by atoms with Gasteiger partial charge in [-0.2, -0.15) is 0 Å². The first-order valence-corrected chi connectivity index (χ1v) is 6.21. The SMILES string of the molecule is Cc1ccc2c(n1)N(C)C(=O)O/C2=C\c1ccccn1. The van der Waals surface area contributed by atoms with Crippen molar-refractivity contribution in [2.45, 2.75) is 6.92 Å². The topological polar surface area (TPSA) is 55.3 Å². The molecule has 0 fully saturated rings. The fourth-order valence-electron chi connectivity index (χ4n) is 2.00. The second kappa shape index (κ2) is 4.77. The zero-order valence-corrected chi connectivity index (χ0v) is 11.2. The first-order chi connectivity index (χ1) is 9.65. The molecule has 3 rings (SSSR count). The Kier molecular flexibility index (Phi) is 2.95. The summed E-state index contributed by atoms with van der Waals surface area (Å²) in [4.78, 5) is 21.9. The van der Waals surface area contributed by atoms with Crippen LogP contribution in [0.4, 0.5) is 10.6 Å². The van der Waals surface area contributed by atoms with Crippen LogP contribution in [-0.4, -0.2) is 23.1 Å². The lowest BCUT2D eigenvalue weighted by Gasteiger charge is -2.26. The summed E-state index contributed by atoms with van der Waals surface area (Å²) < 4.78 is 5.34. The first-order valence-electron chi connectivity index (χ1n) is 6.21. The minimum absolute atomic E-state index is 0.446. The molecule has 0 aliphatic carbocycles. The van der Waals surface area contributed by atoms with Crippen molar-refractivity contribution in [3.05, 3.63) is 53.5 Å². The molecular weight excluding hydrogens is 254 g/mol. The Balaban J connectivity index is 2.13. The number of nitrogens with zero attached hydrogens (tertiary/aromatic N) is 3. The van der Waals surface area contributed by atoms with Gasteiger partial charge >= 0.3 is 6.09 Å². The molecule has 0 saturated carbocycles. The molecule has 1 aliphatic rings. The summed E-state index contributed by atoms with van der Waals surface area (Å²) in [7, 11) is 1.64. The Morgan fingerprint density at radius 3 is 2.85 bits per heavy atom. The fraction of sp³-hybridized carbons (Fsp3) is 0.133. The zero-order chi connectivity index (χ0) is 14.1. The molecule has 0 bridgehead atoms. The number of cyclic esters (lactones) is 1. The molecule has 0 N–H and O–H groups in total. The molecule has 5 heteroatoms. The van der Waals surface area contributed by atoms with Crippen molar-refractivity contribution in [1.29, 1.82) is 0 Å². The van der Waals surface area contributed by atoms with Crippen molar-refractivity contribution in [1.82, 2.24) is 9.97 Å². The molecule has 0 unspecified atom stereocenters. The lowest BCUT2D eigenvalue weighted by molar-refractivity contribution is 0.199. The van der Waals surface area contributed by atoms with Crippen molar-refractivity contribution in [3.8, 4) is 0 Å². The predicted octanol–water partition coefficient (Wildman–Crippen LogP) is 2.87. The maximum absolute atomic E-state index is 11.9. The summed E-state index contributed by atoms with van der Waals surface area (Å²) in [5.74, 6) is 1.07. The van der Waals surface area contributed by atoms with E-state index in [-0.39, 0.29) is 0 Å². The van der Waals surface area contributed by atoms with Gasteiger partial charge in [0.15, 0.2) is 0 Å². The highest BCUT2D eigenvalue weighted by atomic mass is 16.6. The van der Waals surface area contributed by atoms with Gasteiger partial charge in [0, 0.05) is 25.0 Å². The number of amides is 1. The summed E-state index contributed by atoms with van der Waals surface area (Å²) in [6.45, 7) is 1.89. The van der Waals surface area contributed by atoms with Gasteiger partial charge in [-0.05, 0) is 31.2 Å². The van der Waals surface area contributed by atoms with E-state index in [1.165, 1.54) is 4.90 Å². The van der Waals surface area contributed by atoms with E-state index in [0.717, 1.165) is 17.0 Å². The molecule has 0 aromatic carbocycles. The Morgan fingerprint density at radius 1 is 1.25 bits per heavy atom. The van der Waals surface area contributed by atoms with Gasteiger partial charge in [-0.25, -0.2) is 9.78 Å². The fourth-order valence-corrected chi connectivity index (χ4v) is 2.00. The molecule has 0 saturated heterocycles. The third-order valence-corrected chi connectivity index (χ3v) is 3.04. The minimum Gasteiger partial charge on any atom is -0.409 e. The molecule has 0 spiro atoms. The molecule has 100 valence electrons. The van der Waals surface area contributed by atoms with Gasteiger partial charge in [-0.1, -0.05) is 6.07 Å². The standard InChI is InChI=1S/C15H13N3O2/c1-10-6-7-12-13(9-11-5-3-4-8-16-11)20-15(19)18(2)14(12)17-10/h3-9H,1-2H3/b13-9-. The monoisotopic (exact) mass is 267 g/mol. The minimum atomic E-state index is -0.446. The van der Waals surface area contributed by atoms with Crippen LogP contribution >= 0.6 is 0 Å². The van der Waals surface area contributed by atoms with Gasteiger partial charge in [0.1, 0.15) is 11.6 Å². The molecule has 1 aliphatic heterocycles. The number of fused-ring (bicyclic) bond motifs is 1. The Bertz CT molecular complexity index is 696. The van der Waals surface area contributed by atoms with Crippen molar-refractivity contribution in [2.24, 2.45) is 0 Å². The number of aryl methyl sites for hydroxylation is 1. The molecule has 0 atom stereocenters. The van der Waals surface area contributed by atoms with Gasteiger partial charge in [0.25, 0.3) is 0 Å². The van der Waals surface area contributed by atoms with Crippen molar-refractivity contribution >= 4 is 23.7 Å². The number of pyridine rings is 2. The van der Waals surface area contributed by atoms with E-state index in [9.17, 15) is 4.79 Å². The molecule has 3 heterocycles. The van der Waals surface area contributed by atoms with Crippen LogP contribution in [0.1, 0.15) is 17.0 Å². The van der Waals surface area contributed by atoms with Gasteiger partial charge in [-0.3, -0.25) is 9.88 Å². The zero-order valence-electron chi connectivity index (χ0n) is 11.2. The Labute approximate surface area is 116 Å². The Morgan fingerprint density at radius 2 is 2.10 bits per heavy atom. The van der Waals surface area contributed by atoms with Crippen LogP contribution in [0.2, 0.25) is 0 Å². The van der Waals surface area contributed by atoms with E-state index in [0.29, 0.717) is 11.6 Å². The van der Waals surface area contributed by atoms with E-state index < -0.39 is 6.09 Å². The third kappa shape index (κ3) is 2.14. The highest BCUT2D eigenvalue weighted by Gasteiger charge is 2.27. The van der Waals surface area contributed by atoms with Gasteiger partial charge in [0.05, 0.1) is 11.3 Å². The molecule has 20 heavy (non-hydrogen) atoms. The van der Waals surface area contributed by atoms with Crippen LogP contribution < -0.4 is 4.90 Å². The molecule has 2 aromatic heterocycles. The van der Waals surface area contributed by atoms with E-state index in [4.69, 9.17) is 4.74 Å². The summed E-state index contributed by atoms with van der Waals surface area (Å²) in [5, 5.41) is 0. The Hall–Kier alpha value is -2.69. The number of rotatable bonds is 1. The summed E-state index contributed by atoms with van der Waals surface area (Å²) in [6, 6.07) is 9.35. The molecule has 5 nitrogen and oxygen atoms in total.